The summed E-state index contributed by atoms with van der Waals surface area (Å²) >= 11 is 0. The van der Waals surface area contributed by atoms with Crippen molar-refractivity contribution >= 4 is 17.7 Å². The maximum atomic E-state index is 14.0. The van der Waals surface area contributed by atoms with Gasteiger partial charge in [-0.05, 0) is 52.5 Å². The molecule has 1 aromatic carbocycles. The van der Waals surface area contributed by atoms with Gasteiger partial charge in [-0.1, -0.05) is 0 Å². The van der Waals surface area contributed by atoms with Gasteiger partial charge in [0.2, 0.25) is 0 Å². The van der Waals surface area contributed by atoms with Crippen LogP contribution in [0, 0.1) is 21.8 Å². The van der Waals surface area contributed by atoms with Crippen LogP contribution in [0.2, 0.25) is 0 Å². The summed E-state index contributed by atoms with van der Waals surface area (Å²) in [6.07, 6.45) is 1.19. The highest BCUT2D eigenvalue weighted by molar-refractivity contribution is 5.94. The zero-order chi connectivity index (χ0) is 21.1. The number of carbonyl (C=O) groups excluding carboxylic acids is 2. The largest absolute Gasteiger partial charge is 0.444 e. The number of likely N-dealkylation sites (tertiary alicyclic amines) is 1. The molecule has 154 valence electrons. The first-order chi connectivity index (χ1) is 13.0. The van der Waals surface area contributed by atoms with Gasteiger partial charge in [0, 0.05) is 25.2 Å². The molecule has 1 N–H and O–H groups in total. The van der Waals surface area contributed by atoms with Gasteiger partial charge >= 0.3 is 6.09 Å². The van der Waals surface area contributed by atoms with Gasteiger partial charge in [0.15, 0.2) is 0 Å². The van der Waals surface area contributed by atoms with E-state index in [0.717, 1.165) is 31.0 Å². The smallest absolute Gasteiger partial charge is 0.410 e. The molecule has 9 heteroatoms. The predicted molar refractivity (Wildman–Crippen MR) is 101 cm³/mol. The number of ether oxygens (including phenoxy) is 1. The van der Waals surface area contributed by atoms with Gasteiger partial charge in [0.05, 0.1) is 16.6 Å². The molecule has 1 aliphatic rings. The summed E-state index contributed by atoms with van der Waals surface area (Å²) in [6.45, 7) is 8.21. The van der Waals surface area contributed by atoms with Crippen LogP contribution >= 0.6 is 0 Å². The Morgan fingerprint density at radius 3 is 2.64 bits per heavy atom. The van der Waals surface area contributed by atoms with Crippen LogP contribution in [-0.2, 0) is 4.74 Å². The van der Waals surface area contributed by atoms with Crippen LogP contribution < -0.4 is 5.32 Å². The number of nitro groups is 1. The SMILES string of the molecule is C[C@@H](NC(=O)c1ccc([N+](=O)[O-])cc1F)[C@@H]1CCCN(C(=O)OC(C)(C)C)C1. The Hall–Kier alpha value is -2.71. The molecule has 0 radical (unpaired) electrons. The number of hydrogen-bond donors (Lipinski definition) is 1. The monoisotopic (exact) mass is 395 g/mol. The van der Waals surface area contributed by atoms with Crippen molar-refractivity contribution < 1.29 is 23.6 Å². The lowest BCUT2D eigenvalue weighted by Gasteiger charge is -2.36. The van der Waals surface area contributed by atoms with Crippen molar-refractivity contribution in [3.05, 3.63) is 39.7 Å². The molecule has 1 aromatic rings. The summed E-state index contributed by atoms with van der Waals surface area (Å²) < 4.78 is 19.4. The second kappa shape index (κ2) is 8.53. The minimum atomic E-state index is -0.946. The zero-order valence-electron chi connectivity index (χ0n) is 16.5. The number of hydrogen-bond acceptors (Lipinski definition) is 5. The number of amides is 2. The predicted octanol–water partition coefficient (Wildman–Crippen LogP) is 3.50. The van der Waals surface area contributed by atoms with Gasteiger partial charge in [0.1, 0.15) is 11.4 Å². The molecular formula is C19H26FN3O5. The fraction of sp³-hybridized carbons (Fsp3) is 0.579. The quantitative estimate of drug-likeness (QED) is 0.621. The molecule has 0 aromatic heterocycles. The molecular weight excluding hydrogens is 369 g/mol. The number of carbonyl (C=O) groups is 2. The van der Waals surface area contributed by atoms with Crippen molar-refractivity contribution in [1.82, 2.24) is 10.2 Å². The number of nitrogens with zero attached hydrogens (tertiary/aromatic N) is 2. The van der Waals surface area contributed by atoms with Gasteiger partial charge in [-0.25, -0.2) is 9.18 Å². The molecule has 8 nitrogen and oxygen atoms in total. The van der Waals surface area contributed by atoms with E-state index in [4.69, 9.17) is 4.74 Å². The number of benzene rings is 1. The first kappa shape index (κ1) is 21.6. The van der Waals surface area contributed by atoms with E-state index in [1.165, 1.54) is 0 Å². The number of non-ortho nitro benzene ring substituents is 1. The minimum absolute atomic E-state index is 0.00803. The topological polar surface area (TPSA) is 102 Å². The van der Waals surface area contributed by atoms with Crippen LogP contribution in [0.25, 0.3) is 0 Å². The number of nitro benzene ring substituents is 1. The summed E-state index contributed by atoms with van der Waals surface area (Å²) in [7, 11) is 0. The van der Waals surface area contributed by atoms with Crippen LogP contribution in [0.4, 0.5) is 14.9 Å². The Labute approximate surface area is 163 Å². The van der Waals surface area contributed by atoms with Gasteiger partial charge in [0.25, 0.3) is 11.6 Å². The third kappa shape index (κ3) is 5.64. The van der Waals surface area contributed by atoms with Gasteiger partial charge in [-0.3, -0.25) is 14.9 Å². The Kier molecular flexibility index (Phi) is 6.58. The van der Waals surface area contributed by atoms with Crippen LogP contribution in [0.5, 0.6) is 0 Å². The molecule has 0 bridgehead atoms. The van der Waals surface area contributed by atoms with Crippen LogP contribution in [0.3, 0.4) is 0 Å². The summed E-state index contributed by atoms with van der Waals surface area (Å²) in [5.74, 6) is -1.60. The van der Waals surface area contributed by atoms with Crippen molar-refractivity contribution in [2.45, 2.75) is 52.2 Å². The Bertz CT molecular complexity index is 762. The van der Waals surface area contributed by atoms with E-state index in [2.05, 4.69) is 5.32 Å². The Morgan fingerprint density at radius 2 is 2.07 bits per heavy atom. The molecule has 2 amide bonds. The number of halogens is 1. The van der Waals surface area contributed by atoms with Crippen LogP contribution in [0.15, 0.2) is 18.2 Å². The fourth-order valence-corrected chi connectivity index (χ4v) is 3.11. The normalized spacial score (nSPS) is 18.3. The summed E-state index contributed by atoms with van der Waals surface area (Å²) in [6, 6.07) is 2.61. The standard InChI is InChI=1S/C19H26FN3O5/c1-12(13-6-5-9-22(11-13)18(25)28-19(2,3)4)21-17(24)15-8-7-14(23(26)27)10-16(15)20/h7-8,10,12-13H,5-6,9,11H2,1-4H3,(H,21,24)/t12-,13-/m1/s1. The van der Waals surface area contributed by atoms with Crippen molar-refractivity contribution in [3.63, 3.8) is 0 Å². The molecule has 0 unspecified atom stereocenters. The highest BCUT2D eigenvalue weighted by Gasteiger charge is 2.31. The van der Waals surface area contributed by atoms with E-state index in [9.17, 15) is 24.1 Å². The van der Waals surface area contributed by atoms with E-state index in [-0.39, 0.29) is 17.5 Å². The lowest BCUT2D eigenvalue weighted by molar-refractivity contribution is -0.385. The molecule has 2 atom stereocenters. The molecule has 28 heavy (non-hydrogen) atoms. The molecule has 1 fully saturated rings. The minimum Gasteiger partial charge on any atom is -0.444 e. The molecule has 1 aliphatic heterocycles. The van der Waals surface area contributed by atoms with Crippen LogP contribution in [-0.4, -0.2) is 46.6 Å². The first-order valence-electron chi connectivity index (χ1n) is 9.20. The third-order valence-corrected chi connectivity index (χ3v) is 4.58. The number of rotatable bonds is 4. The summed E-state index contributed by atoms with van der Waals surface area (Å²) in [5, 5.41) is 13.4. The van der Waals surface area contributed by atoms with E-state index in [1.807, 2.05) is 0 Å². The van der Waals surface area contributed by atoms with Crippen molar-refractivity contribution in [3.8, 4) is 0 Å². The number of piperidine rings is 1. The van der Waals surface area contributed by atoms with Gasteiger partial charge in [-0.2, -0.15) is 0 Å². The zero-order valence-corrected chi connectivity index (χ0v) is 16.5. The van der Waals surface area contributed by atoms with Crippen molar-refractivity contribution in [2.75, 3.05) is 13.1 Å². The highest BCUT2D eigenvalue weighted by atomic mass is 19.1. The number of nitrogens with one attached hydrogen (secondary N) is 1. The van der Waals surface area contributed by atoms with Crippen molar-refractivity contribution in [2.24, 2.45) is 5.92 Å². The van der Waals surface area contributed by atoms with E-state index >= 15 is 0 Å². The maximum absolute atomic E-state index is 14.0. The van der Waals surface area contributed by atoms with Gasteiger partial charge in [-0.15, -0.1) is 0 Å². The second-order valence-electron chi connectivity index (χ2n) is 8.01. The van der Waals surface area contributed by atoms with E-state index < -0.39 is 34.0 Å². The summed E-state index contributed by atoms with van der Waals surface area (Å²) in [5.41, 5.74) is -1.25. The molecule has 0 spiro atoms. The van der Waals surface area contributed by atoms with Crippen LogP contribution in [0.1, 0.15) is 50.9 Å². The van der Waals surface area contributed by atoms with E-state index in [1.54, 1.807) is 32.6 Å². The Morgan fingerprint density at radius 1 is 1.39 bits per heavy atom. The molecule has 0 saturated carbocycles. The maximum Gasteiger partial charge on any atom is 0.410 e. The first-order valence-corrected chi connectivity index (χ1v) is 9.20. The second-order valence-corrected chi connectivity index (χ2v) is 8.01. The fourth-order valence-electron chi connectivity index (χ4n) is 3.11. The third-order valence-electron chi connectivity index (χ3n) is 4.58. The lowest BCUT2D eigenvalue weighted by Crippen LogP contribution is -2.49. The molecule has 2 rings (SSSR count). The average molecular weight is 395 g/mol. The lowest BCUT2D eigenvalue weighted by atomic mass is 9.91. The van der Waals surface area contributed by atoms with Crippen molar-refractivity contribution in [1.29, 1.82) is 0 Å². The summed E-state index contributed by atoms with van der Waals surface area (Å²) in [4.78, 5) is 36.2. The van der Waals surface area contributed by atoms with E-state index in [0.29, 0.717) is 13.1 Å². The van der Waals surface area contributed by atoms with Gasteiger partial charge < -0.3 is 15.0 Å². The molecule has 1 saturated heterocycles. The highest BCUT2D eigenvalue weighted by Crippen LogP contribution is 2.23. The Balaban J connectivity index is 2.00. The average Bonchev–Trinajstić information content (AvgIpc) is 2.60. The molecule has 0 aliphatic carbocycles. The molecule has 1 heterocycles.